The molecule has 7 nitrogen and oxygen atoms in total. The van der Waals surface area contributed by atoms with E-state index >= 15 is 0 Å². The molecule has 0 unspecified atom stereocenters. The molecule has 2 fully saturated rings. The van der Waals surface area contributed by atoms with E-state index in [1.807, 2.05) is 25.2 Å². The molecule has 1 aromatic rings. The Labute approximate surface area is 194 Å². The molecule has 178 valence electrons. The maximum absolute atomic E-state index is 12.2. The molecule has 2 aliphatic rings. The lowest BCUT2D eigenvalue weighted by Gasteiger charge is -2.50. The Morgan fingerprint density at radius 3 is 2.47 bits per heavy atom. The molecular weight excluding hydrogens is 400 g/mol. The minimum atomic E-state index is 0.0402. The summed E-state index contributed by atoms with van der Waals surface area (Å²) in [7, 11) is 7.64. The molecule has 0 radical (unpaired) electrons. The number of guanidine groups is 1. The van der Waals surface area contributed by atoms with E-state index in [1.54, 1.807) is 19.0 Å². The van der Waals surface area contributed by atoms with Gasteiger partial charge in [-0.2, -0.15) is 0 Å². The molecule has 1 amide bonds. The van der Waals surface area contributed by atoms with Crippen molar-refractivity contribution >= 4 is 11.9 Å². The molecule has 2 heterocycles. The summed E-state index contributed by atoms with van der Waals surface area (Å²) in [6, 6.07) is 7.90. The molecule has 2 saturated heterocycles. The fraction of sp³-hybridized carbons (Fsp3) is 0.680. The van der Waals surface area contributed by atoms with Gasteiger partial charge in [0.2, 0.25) is 0 Å². The average molecular weight is 443 g/mol. The number of amides is 1. The molecule has 3 rings (SSSR count). The van der Waals surface area contributed by atoms with E-state index in [2.05, 4.69) is 38.5 Å². The summed E-state index contributed by atoms with van der Waals surface area (Å²) >= 11 is 0. The molecule has 2 aliphatic heterocycles. The highest BCUT2D eigenvalue weighted by atomic mass is 16.2. The van der Waals surface area contributed by atoms with E-state index in [9.17, 15) is 4.79 Å². The standard InChI is InChI=1S/C25H42N6O/c1-26-24(27-14-11-21-9-8-10-22(19-21)23(32)29(2)3)28-20-25(12-17-30(4)18-13-25)31-15-6-5-7-16-31/h8-10,19H,5-7,11-18,20H2,1-4H3,(H2,26,27,28). The average Bonchev–Trinajstić information content (AvgIpc) is 2.82. The third-order valence-corrected chi connectivity index (χ3v) is 7.04. The lowest BCUT2D eigenvalue weighted by atomic mass is 9.84. The van der Waals surface area contributed by atoms with Crippen LogP contribution in [0.3, 0.4) is 0 Å². The summed E-state index contributed by atoms with van der Waals surface area (Å²) in [6.45, 7) is 6.48. The van der Waals surface area contributed by atoms with Crippen LogP contribution in [-0.2, 0) is 6.42 Å². The first-order valence-electron chi connectivity index (χ1n) is 12.1. The van der Waals surface area contributed by atoms with Crippen molar-refractivity contribution < 1.29 is 4.79 Å². The molecular formula is C25H42N6O. The van der Waals surface area contributed by atoms with Gasteiger partial charge in [-0.3, -0.25) is 14.7 Å². The number of benzene rings is 1. The highest BCUT2D eigenvalue weighted by molar-refractivity contribution is 5.94. The van der Waals surface area contributed by atoms with E-state index in [0.717, 1.165) is 49.7 Å². The van der Waals surface area contributed by atoms with Gasteiger partial charge in [-0.1, -0.05) is 18.6 Å². The molecule has 0 bridgehead atoms. The van der Waals surface area contributed by atoms with Crippen LogP contribution in [-0.4, -0.2) is 99.6 Å². The molecule has 1 aromatic carbocycles. The Morgan fingerprint density at radius 2 is 1.81 bits per heavy atom. The van der Waals surface area contributed by atoms with Crippen LogP contribution in [0.2, 0.25) is 0 Å². The molecule has 0 atom stereocenters. The maximum Gasteiger partial charge on any atom is 0.253 e. The number of carbonyl (C=O) groups excluding carboxylic acids is 1. The van der Waals surface area contributed by atoms with E-state index < -0.39 is 0 Å². The van der Waals surface area contributed by atoms with E-state index in [4.69, 9.17) is 0 Å². The topological polar surface area (TPSA) is 63.2 Å². The number of nitrogens with one attached hydrogen (secondary N) is 2. The van der Waals surface area contributed by atoms with Crippen LogP contribution in [0.5, 0.6) is 0 Å². The minimum absolute atomic E-state index is 0.0402. The number of carbonyl (C=O) groups is 1. The summed E-state index contributed by atoms with van der Waals surface area (Å²) in [4.78, 5) is 23.5. The lowest BCUT2D eigenvalue weighted by Crippen LogP contribution is -2.62. The monoisotopic (exact) mass is 442 g/mol. The Morgan fingerprint density at radius 1 is 1.09 bits per heavy atom. The third-order valence-electron chi connectivity index (χ3n) is 7.04. The van der Waals surface area contributed by atoms with Crippen molar-refractivity contribution in [3.8, 4) is 0 Å². The van der Waals surface area contributed by atoms with Gasteiger partial charge < -0.3 is 20.4 Å². The predicted molar refractivity (Wildman–Crippen MR) is 132 cm³/mol. The zero-order valence-corrected chi connectivity index (χ0v) is 20.5. The predicted octanol–water partition coefficient (Wildman–Crippen LogP) is 2.05. The van der Waals surface area contributed by atoms with Crippen molar-refractivity contribution in [2.24, 2.45) is 4.99 Å². The van der Waals surface area contributed by atoms with Crippen molar-refractivity contribution in [3.05, 3.63) is 35.4 Å². The molecule has 0 saturated carbocycles. The highest BCUT2D eigenvalue weighted by Gasteiger charge is 2.39. The lowest BCUT2D eigenvalue weighted by molar-refractivity contribution is 0.0173. The van der Waals surface area contributed by atoms with Gasteiger partial charge in [0.1, 0.15) is 0 Å². The Kier molecular flexibility index (Phi) is 8.93. The number of aliphatic imine (C=N–C) groups is 1. The van der Waals surface area contributed by atoms with Crippen molar-refractivity contribution in [2.45, 2.75) is 44.1 Å². The van der Waals surface area contributed by atoms with E-state index in [0.29, 0.717) is 0 Å². The second-order valence-electron chi connectivity index (χ2n) is 9.58. The second-order valence-corrected chi connectivity index (χ2v) is 9.58. The fourth-order valence-electron chi connectivity index (χ4n) is 4.92. The zero-order valence-electron chi connectivity index (χ0n) is 20.5. The maximum atomic E-state index is 12.2. The normalized spacial score (nSPS) is 20.1. The van der Waals surface area contributed by atoms with Crippen LogP contribution >= 0.6 is 0 Å². The Bertz CT molecular complexity index is 763. The van der Waals surface area contributed by atoms with Gasteiger partial charge in [-0.15, -0.1) is 0 Å². The summed E-state index contributed by atoms with van der Waals surface area (Å²) in [5.74, 6) is 0.902. The van der Waals surface area contributed by atoms with Gasteiger partial charge in [0.05, 0.1) is 0 Å². The number of nitrogens with zero attached hydrogens (tertiary/aromatic N) is 4. The first-order valence-corrected chi connectivity index (χ1v) is 12.1. The van der Waals surface area contributed by atoms with Gasteiger partial charge in [0, 0.05) is 45.3 Å². The van der Waals surface area contributed by atoms with Crippen molar-refractivity contribution in [3.63, 3.8) is 0 Å². The van der Waals surface area contributed by atoms with E-state index in [-0.39, 0.29) is 11.4 Å². The molecule has 32 heavy (non-hydrogen) atoms. The van der Waals surface area contributed by atoms with Crippen LogP contribution < -0.4 is 10.6 Å². The van der Waals surface area contributed by atoms with Crippen LogP contribution in [0, 0.1) is 0 Å². The number of rotatable bonds is 7. The Balaban J connectivity index is 1.53. The first kappa shape index (κ1) is 24.5. The van der Waals surface area contributed by atoms with Gasteiger partial charge in [-0.05, 0) is 83.0 Å². The quantitative estimate of drug-likeness (QED) is 0.500. The molecule has 7 heteroatoms. The van der Waals surface area contributed by atoms with Crippen LogP contribution in [0.4, 0.5) is 0 Å². The van der Waals surface area contributed by atoms with Gasteiger partial charge in [-0.25, -0.2) is 0 Å². The fourth-order valence-corrected chi connectivity index (χ4v) is 4.92. The Hall–Kier alpha value is -2.12. The summed E-state index contributed by atoms with van der Waals surface area (Å²) in [5.41, 5.74) is 2.12. The van der Waals surface area contributed by atoms with Gasteiger partial charge >= 0.3 is 0 Å². The number of likely N-dealkylation sites (tertiary alicyclic amines) is 2. The SMILES string of the molecule is CN=C(NCCc1cccc(C(=O)N(C)C)c1)NCC1(N2CCCCC2)CCN(C)CC1. The minimum Gasteiger partial charge on any atom is -0.356 e. The number of piperidine rings is 2. The van der Waals surface area contributed by atoms with Gasteiger partial charge in [0.25, 0.3) is 5.91 Å². The third kappa shape index (κ3) is 6.45. The second kappa shape index (κ2) is 11.7. The molecule has 2 N–H and O–H groups in total. The van der Waals surface area contributed by atoms with Crippen LogP contribution in [0.1, 0.15) is 48.0 Å². The summed E-state index contributed by atoms with van der Waals surface area (Å²) in [6.07, 6.45) is 7.27. The molecule has 0 spiro atoms. The molecule has 0 aromatic heterocycles. The first-order chi connectivity index (χ1) is 15.4. The van der Waals surface area contributed by atoms with Gasteiger partial charge in [0.15, 0.2) is 5.96 Å². The van der Waals surface area contributed by atoms with E-state index in [1.165, 1.54) is 45.2 Å². The number of hydrogen-bond donors (Lipinski definition) is 2. The smallest absolute Gasteiger partial charge is 0.253 e. The van der Waals surface area contributed by atoms with Crippen molar-refractivity contribution in [1.82, 2.24) is 25.3 Å². The largest absolute Gasteiger partial charge is 0.356 e. The summed E-state index contributed by atoms with van der Waals surface area (Å²) < 4.78 is 0. The van der Waals surface area contributed by atoms with Crippen LogP contribution in [0.25, 0.3) is 0 Å². The zero-order chi connectivity index (χ0) is 23.0. The number of hydrogen-bond acceptors (Lipinski definition) is 4. The summed E-state index contributed by atoms with van der Waals surface area (Å²) in [5, 5.41) is 7.11. The van der Waals surface area contributed by atoms with Crippen LogP contribution in [0.15, 0.2) is 29.3 Å². The van der Waals surface area contributed by atoms with Crippen molar-refractivity contribution in [1.29, 1.82) is 0 Å². The molecule has 0 aliphatic carbocycles. The van der Waals surface area contributed by atoms with Crippen molar-refractivity contribution in [2.75, 3.05) is 67.5 Å². The highest BCUT2D eigenvalue weighted by Crippen LogP contribution is 2.30.